The largest absolute Gasteiger partial charge is 0.493 e. The average molecular weight is 436 g/mol. The molecule has 7 heteroatoms. The van der Waals surface area contributed by atoms with Crippen LogP contribution in [0.1, 0.15) is 17.5 Å². The number of amides is 1. The molecule has 1 amide bonds. The van der Waals surface area contributed by atoms with Gasteiger partial charge in [-0.3, -0.25) is 4.79 Å². The SMILES string of the molecule is COc1cc(CNCCCOc2ccccn2)ccc1OCC(=O)Nc1ccc(C)cc1. The van der Waals surface area contributed by atoms with Crippen LogP contribution < -0.4 is 24.8 Å². The molecule has 0 aliphatic rings. The van der Waals surface area contributed by atoms with E-state index < -0.39 is 0 Å². The van der Waals surface area contributed by atoms with Gasteiger partial charge in [0.15, 0.2) is 18.1 Å². The number of hydrogen-bond acceptors (Lipinski definition) is 6. The number of pyridine rings is 1. The van der Waals surface area contributed by atoms with Crippen molar-refractivity contribution < 1.29 is 19.0 Å². The molecule has 7 nitrogen and oxygen atoms in total. The number of aromatic nitrogens is 1. The van der Waals surface area contributed by atoms with Gasteiger partial charge in [-0.2, -0.15) is 0 Å². The van der Waals surface area contributed by atoms with E-state index in [0.717, 1.165) is 29.8 Å². The molecule has 0 saturated carbocycles. The highest BCUT2D eigenvalue weighted by molar-refractivity contribution is 5.91. The predicted molar refractivity (Wildman–Crippen MR) is 124 cm³/mol. The Morgan fingerprint density at radius 2 is 1.84 bits per heavy atom. The molecule has 1 heterocycles. The second-order valence-corrected chi connectivity index (χ2v) is 7.23. The Morgan fingerprint density at radius 3 is 2.59 bits per heavy atom. The summed E-state index contributed by atoms with van der Waals surface area (Å²) in [5.41, 5.74) is 2.93. The first kappa shape index (κ1) is 23.1. The van der Waals surface area contributed by atoms with Gasteiger partial charge in [0.1, 0.15) is 0 Å². The van der Waals surface area contributed by atoms with Crippen molar-refractivity contribution in [3.05, 3.63) is 78.0 Å². The molecule has 1 aromatic heterocycles. The molecule has 0 aliphatic heterocycles. The minimum atomic E-state index is -0.227. The molecule has 168 valence electrons. The molecule has 0 radical (unpaired) electrons. The summed E-state index contributed by atoms with van der Waals surface area (Å²) in [6.07, 6.45) is 2.58. The maximum Gasteiger partial charge on any atom is 0.262 e. The zero-order chi connectivity index (χ0) is 22.6. The Morgan fingerprint density at radius 1 is 1.00 bits per heavy atom. The molecule has 2 N–H and O–H groups in total. The fourth-order valence-electron chi connectivity index (χ4n) is 2.96. The van der Waals surface area contributed by atoms with Gasteiger partial charge >= 0.3 is 0 Å². The van der Waals surface area contributed by atoms with Crippen molar-refractivity contribution in [2.75, 3.05) is 32.2 Å². The molecule has 0 atom stereocenters. The lowest BCUT2D eigenvalue weighted by Crippen LogP contribution is -2.20. The minimum absolute atomic E-state index is 0.0991. The number of nitrogens with zero attached hydrogens (tertiary/aromatic N) is 1. The van der Waals surface area contributed by atoms with Crippen LogP contribution in [-0.4, -0.2) is 37.8 Å². The Bertz CT molecular complexity index is 978. The summed E-state index contributed by atoms with van der Waals surface area (Å²) in [6, 6.07) is 18.9. The van der Waals surface area contributed by atoms with Crippen molar-refractivity contribution in [3.63, 3.8) is 0 Å². The molecular weight excluding hydrogens is 406 g/mol. The standard InChI is InChI=1S/C25H29N3O4/c1-19-7-10-21(11-8-19)28-24(29)18-32-22-12-9-20(16-23(22)30-2)17-26-13-5-15-31-25-6-3-4-14-27-25/h3-4,6-12,14,16,26H,5,13,15,17-18H2,1-2H3,(H,28,29). The topological polar surface area (TPSA) is 81.7 Å². The quantitative estimate of drug-likeness (QED) is 0.419. The summed E-state index contributed by atoms with van der Waals surface area (Å²) in [4.78, 5) is 16.3. The second-order valence-electron chi connectivity index (χ2n) is 7.23. The summed E-state index contributed by atoms with van der Waals surface area (Å²) < 4.78 is 16.7. The van der Waals surface area contributed by atoms with E-state index in [1.165, 1.54) is 0 Å². The van der Waals surface area contributed by atoms with Crippen LogP contribution in [0, 0.1) is 6.92 Å². The third kappa shape index (κ3) is 7.59. The van der Waals surface area contributed by atoms with Gasteiger partial charge in [0.05, 0.1) is 13.7 Å². The van der Waals surface area contributed by atoms with Crippen LogP contribution in [0.25, 0.3) is 0 Å². The summed E-state index contributed by atoms with van der Waals surface area (Å²) in [5.74, 6) is 1.53. The number of rotatable bonds is 12. The Labute approximate surface area is 188 Å². The summed E-state index contributed by atoms with van der Waals surface area (Å²) in [5, 5.41) is 6.19. The summed E-state index contributed by atoms with van der Waals surface area (Å²) >= 11 is 0. The van der Waals surface area contributed by atoms with Gasteiger partial charge in [0.25, 0.3) is 5.91 Å². The highest BCUT2D eigenvalue weighted by Gasteiger charge is 2.09. The van der Waals surface area contributed by atoms with E-state index in [2.05, 4.69) is 15.6 Å². The molecule has 3 rings (SSSR count). The molecule has 0 spiro atoms. The number of carbonyl (C=O) groups excluding carboxylic acids is 1. The van der Waals surface area contributed by atoms with Crippen molar-refractivity contribution >= 4 is 11.6 Å². The Kier molecular flexibility index (Phi) is 8.89. The Hall–Kier alpha value is -3.58. The van der Waals surface area contributed by atoms with Crippen molar-refractivity contribution in [1.29, 1.82) is 0 Å². The lowest BCUT2D eigenvalue weighted by molar-refractivity contribution is -0.118. The van der Waals surface area contributed by atoms with Crippen molar-refractivity contribution in [2.45, 2.75) is 19.9 Å². The normalized spacial score (nSPS) is 10.4. The highest BCUT2D eigenvalue weighted by atomic mass is 16.5. The maximum atomic E-state index is 12.2. The smallest absolute Gasteiger partial charge is 0.262 e. The van der Waals surface area contributed by atoms with Gasteiger partial charge in [-0.1, -0.05) is 29.8 Å². The number of hydrogen-bond donors (Lipinski definition) is 2. The monoisotopic (exact) mass is 435 g/mol. The van der Waals surface area contributed by atoms with Crippen molar-refractivity contribution in [1.82, 2.24) is 10.3 Å². The third-order valence-corrected chi connectivity index (χ3v) is 4.64. The number of carbonyl (C=O) groups is 1. The average Bonchev–Trinajstić information content (AvgIpc) is 2.82. The van der Waals surface area contributed by atoms with Crippen LogP contribution in [0.2, 0.25) is 0 Å². The van der Waals surface area contributed by atoms with Crippen LogP contribution in [-0.2, 0) is 11.3 Å². The Balaban J connectivity index is 1.39. The zero-order valence-corrected chi connectivity index (χ0v) is 18.5. The number of aryl methyl sites for hydroxylation is 1. The van der Waals surface area contributed by atoms with Gasteiger partial charge in [-0.25, -0.2) is 4.98 Å². The van der Waals surface area contributed by atoms with Crippen LogP contribution in [0.5, 0.6) is 17.4 Å². The van der Waals surface area contributed by atoms with Gasteiger partial charge in [-0.15, -0.1) is 0 Å². The lowest BCUT2D eigenvalue weighted by Gasteiger charge is -2.13. The van der Waals surface area contributed by atoms with Crippen LogP contribution in [0.4, 0.5) is 5.69 Å². The van der Waals surface area contributed by atoms with E-state index in [4.69, 9.17) is 14.2 Å². The van der Waals surface area contributed by atoms with E-state index in [9.17, 15) is 4.79 Å². The summed E-state index contributed by atoms with van der Waals surface area (Å²) in [7, 11) is 1.58. The van der Waals surface area contributed by atoms with E-state index in [1.807, 2.05) is 67.6 Å². The molecule has 0 unspecified atom stereocenters. The minimum Gasteiger partial charge on any atom is -0.493 e. The lowest BCUT2D eigenvalue weighted by atomic mass is 10.2. The summed E-state index contributed by atoms with van der Waals surface area (Å²) in [6.45, 7) is 4.00. The van der Waals surface area contributed by atoms with E-state index >= 15 is 0 Å². The molecule has 0 bridgehead atoms. The molecule has 32 heavy (non-hydrogen) atoms. The molecule has 0 aliphatic carbocycles. The molecular formula is C25H29N3O4. The zero-order valence-electron chi connectivity index (χ0n) is 18.5. The van der Waals surface area contributed by atoms with E-state index in [-0.39, 0.29) is 12.5 Å². The maximum absolute atomic E-state index is 12.2. The van der Waals surface area contributed by atoms with Gasteiger partial charge < -0.3 is 24.8 Å². The van der Waals surface area contributed by atoms with E-state index in [0.29, 0.717) is 30.5 Å². The highest BCUT2D eigenvalue weighted by Crippen LogP contribution is 2.28. The molecule has 3 aromatic rings. The van der Waals surface area contributed by atoms with Gasteiger partial charge in [0.2, 0.25) is 5.88 Å². The van der Waals surface area contributed by atoms with Gasteiger partial charge in [0, 0.05) is 24.5 Å². The van der Waals surface area contributed by atoms with E-state index in [1.54, 1.807) is 13.3 Å². The first-order valence-corrected chi connectivity index (χ1v) is 10.5. The molecule has 2 aromatic carbocycles. The van der Waals surface area contributed by atoms with Crippen LogP contribution >= 0.6 is 0 Å². The first-order chi connectivity index (χ1) is 15.6. The number of methoxy groups -OCH3 is 1. The first-order valence-electron chi connectivity index (χ1n) is 10.5. The molecule has 0 fully saturated rings. The fourth-order valence-corrected chi connectivity index (χ4v) is 2.96. The fraction of sp³-hybridized carbons (Fsp3) is 0.280. The number of ether oxygens (including phenoxy) is 3. The van der Waals surface area contributed by atoms with Crippen LogP contribution in [0.3, 0.4) is 0 Å². The molecule has 0 saturated heterocycles. The second kappa shape index (κ2) is 12.3. The third-order valence-electron chi connectivity index (χ3n) is 4.64. The van der Waals surface area contributed by atoms with Gasteiger partial charge in [-0.05, 0) is 55.8 Å². The number of nitrogens with one attached hydrogen (secondary N) is 2. The predicted octanol–water partition coefficient (Wildman–Crippen LogP) is 3.97. The van der Waals surface area contributed by atoms with Crippen molar-refractivity contribution in [3.8, 4) is 17.4 Å². The van der Waals surface area contributed by atoms with Crippen molar-refractivity contribution in [2.24, 2.45) is 0 Å². The number of anilines is 1. The number of benzene rings is 2. The van der Waals surface area contributed by atoms with Crippen LogP contribution in [0.15, 0.2) is 66.9 Å².